The molecule has 5 N–H and O–H groups in total. The Kier molecular flexibility index (Phi) is 8.30. The van der Waals surface area contributed by atoms with Crippen LogP contribution in [0.4, 0.5) is 5.88 Å². The molecule has 1 saturated carbocycles. The Balaban J connectivity index is 1.60. The van der Waals surface area contributed by atoms with Crippen LogP contribution in [0.2, 0.25) is 0 Å². The van der Waals surface area contributed by atoms with Crippen LogP contribution in [0.25, 0.3) is 5.70 Å². The molecular formula is C26H34N6O3. The maximum absolute atomic E-state index is 12.4. The summed E-state index contributed by atoms with van der Waals surface area (Å²) in [5.41, 5.74) is 15.0. The topological polar surface area (TPSA) is 153 Å². The van der Waals surface area contributed by atoms with Crippen molar-refractivity contribution in [2.75, 3.05) is 11.9 Å². The van der Waals surface area contributed by atoms with Crippen LogP contribution in [0.1, 0.15) is 57.4 Å². The van der Waals surface area contributed by atoms with Crippen molar-refractivity contribution in [3.05, 3.63) is 52.7 Å². The number of amides is 1. The fourth-order valence-corrected chi connectivity index (χ4v) is 3.84. The van der Waals surface area contributed by atoms with Gasteiger partial charge in [-0.1, -0.05) is 50.2 Å². The summed E-state index contributed by atoms with van der Waals surface area (Å²) in [6.45, 7) is 8.96. The molecular weight excluding hydrogens is 444 g/mol. The number of nitrogens with zero attached hydrogens (tertiary/aromatic N) is 3. The van der Waals surface area contributed by atoms with Crippen LogP contribution in [-0.2, 0) is 22.4 Å². The highest BCUT2D eigenvalue weighted by Gasteiger charge is 2.29. The highest BCUT2D eigenvalue weighted by Crippen LogP contribution is 2.27. The second-order valence-electron chi connectivity index (χ2n) is 9.96. The number of carbonyl (C=O) groups excluding carboxylic acids is 1. The first-order valence-electron chi connectivity index (χ1n) is 11.8. The Morgan fingerprint density at radius 2 is 1.97 bits per heavy atom. The van der Waals surface area contributed by atoms with Crippen LogP contribution in [0, 0.1) is 16.7 Å². The second-order valence-corrected chi connectivity index (χ2v) is 9.96. The summed E-state index contributed by atoms with van der Waals surface area (Å²) in [4.78, 5) is 16.9. The summed E-state index contributed by atoms with van der Waals surface area (Å²) in [6.07, 6.45) is 2.67. The van der Waals surface area contributed by atoms with Crippen molar-refractivity contribution in [3.63, 3.8) is 0 Å². The van der Waals surface area contributed by atoms with Gasteiger partial charge in [0.2, 0.25) is 11.8 Å². The van der Waals surface area contributed by atoms with Gasteiger partial charge in [-0.2, -0.15) is 5.26 Å². The summed E-state index contributed by atoms with van der Waals surface area (Å²) < 4.78 is 10.8. The Bertz CT molecular complexity index is 1130. The van der Waals surface area contributed by atoms with Gasteiger partial charge in [-0.3, -0.25) is 15.1 Å². The Labute approximate surface area is 206 Å². The van der Waals surface area contributed by atoms with Gasteiger partial charge in [0.05, 0.1) is 30.0 Å². The lowest BCUT2D eigenvalue weighted by atomic mass is 9.89. The third-order valence-corrected chi connectivity index (χ3v) is 5.59. The number of aliphatic imine (C=N–C) groups is 1. The predicted octanol–water partition coefficient (Wildman–Crippen LogP) is 3.56. The van der Waals surface area contributed by atoms with Crippen molar-refractivity contribution in [2.45, 2.75) is 65.5 Å². The fraction of sp³-hybridized carbons (Fsp3) is 0.462. The fourth-order valence-electron chi connectivity index (χ4n) is 3.84. The van der Waals surface area contributed by atoms with Crippen molar-refractivity contribution >= 4 is 23.3 Å². The van der Waals surface area contributed by atoms with E-state index in [0.29, 0.717) is 18.1 Å². The zero-order chi connectivity index (χ0) is 25.6. The molecule has 9 nitrogen and oxygen atoms in total. The van der Waals surface area contributed by atoms with Crippen molar-refractivity contribution in [3.8, 4) is 6.07 Å². The third-order valence-electron chi connectivity index (χ3n) is 5.59. The number of nitrogens with two attached hydrogens (primary N) is 2. The number of benzene rings is 1. The molecule has 3 rings (SSSR count). The Morgan fingerprint density at radius 1 is 1.29 bits per heavy atom. The Morgan fingerprint density at radius 3 is 2.57 bits per heavy atom. The molecule has 0 spiro atoms. The number of aromatic nitrogens is 1. The Hall–Kier alpha value is -3.64. The van der Waals surface area contributed by atoms with Crippen molar-refractivity contribution < 1.29 is 14.1 Å². The molecule has 0 saturated heterocycles. The lowest BCUT2D eigenvalue weighted by molar-refractivity contribution is -0.115. The van der Waals surface area contributed by atoms with Crippen LogP contribution >= 0.6 is 0 Å². The van der Waals surface area contributed by atoms with Gasteiger partial charge < -0.3 is 20.7 Å². The van der Waals surface area contributed by atoms with Crippen molar-refractivity contribution in [2.24, 2.45) is 21.9 Å². The molecule has 1 heterocycles. The molecule has 186 valence electrons. The van der Waals surface area contributed by atoms with Gasteiger partial charge in [0.1, 0.15) is 17.5 Å². The van der Waals surface area contributed by atoms with Crippen LogP contribution in [0.15, 0.2) is 45.4 Å². The van der Waals surface area contributed by atoms with Crippen molar-refractivity contribution in [1.82, 2.24) is 5.16 Å². The standard InChI is InChI=1S/C26H34N6O3/c1-5-34-20-11-18(12-20)30-25(29)21(15-27)24(28)17-8-6-16(7-9-17)10-22(33)31-23-13-19(32-35-23)14-26(2,3)4/h6-9,13,18,20H,5,10-12,14,28H2,1-4H3,(H2,29,30)(H,31,33). The van der Waals surface area contributed by atoms with E-state index >= 15 is 0 Å². The number of ether oxygens (including phenoxy) is 1. The first-order chi connectivity index (χ1) is 16.6. The molecule has 0 atom stereocenters. The number of rotatable bonds is 9. The van der Waals surface area contributed by atoms with E-state index in [1.54, 1.807) is 30.3 Å². The highest BCUT2D eigenvalue weighted by atomic mass is 16.5. The van der Waals surface area contributed by atoms with Crippen LogP contribution < -0.4 is 16.8 Å². The van der Waals surface area contributed by atoms with Gasteiger partial charge in [0.15, 0.2) is 0 Å². The lowest BCUT2D eigenvalue weighted by Gasteiger charge is -2.32. The van der Waals surface area contributed by atoms with E-state index in [-0.39, 0.29) is 47.0 Å². The first kappa shape index (κ1) is 26.0. The van der Waals surface area contributed by atoms with Crippen LogP contribution in [0.5, 0.6) is 0 Å². The minimum absolute atomic E-state index is 0.0393. The average Bonchev–Trinajstić information content (AvgIpc) is 3.17. The highest BCUT2D eigenvalue weighted by molar-refractivity contribution is 6.07. The minimum Gasteiger partial charge on any atom is -0.397 e. The maximum atomic E-state index is 12.4. The molecule has 1 amide bonds. The molecule has 1 aromatic carbocycles. The van der Waals surface area contributed by atoms with Gasteiger partial charge >= 0.3 is 0 Å². The molecule has 0 aliphatic heterocycles. The van der Waals surface area contributed by atoms with E-state index in [4.69, 9.17) is 20.7 Å². The number of nitriles is 1. The maximum Gasteiger partial charge on any atom is 0.231 e. The summed E-state index contributed by atoms with van der Waals surface area (Å²) in [5.74, 6) is 0.233. The quantitative estimate of drug-likeness (QED) is 0.283. The molecule has 35 heavy (non-hydrogen) atoms. The van der Waals surface area contributed by atoms with E-state index in [1.807, 2.05) is 6.92 Å². The van der Waals surface area contributed by atoms with E-state index in [9.17, 15) is 10.1 Å². The monoisotopic (exact) mass is 478 g/mol. The van der Waals surface area contributed by atoms with Gasteiger partial charge in [-0.25, -0.2) is 0 Å². The summed E-state index contributed by atoms with van der Waals surface area (Å²) >= 11 is 0. The first-order valence-corrected chi connectivity index (χ1v) is 11.8. The number of carbonyl (C=O) groups is 1. The summed E-state index contributed by atoms with van der Waals surface area (Å²) in [7, 11) is 0. The number of amidine groups is 1. The molecule has 1 fully saturated rings. The number of hydrogen-bond donors (Lipinski definition) is 3. The van der Waals surface area contributed by atoms with Gasteiger partial charge in [-0.15, -0.1) is 0 Å². The summed E-state index contributed by atoms with van der Waals surface area (Å²) in [5, 5.41) is 16.3. The lowest BCUT2D eigenvalue weighted by Crippen LogP contribution is -2.36. The third kappa shape index (κ3) is 7.42. The van der Waals surface area contributed by atoms with E-state index in [2.05, 4.69) is 42.3 Å². The molecule has 9 heteroatoms. The van der Waals surface area contributed by atoms with Gasteiger partial charge in [0.25, 0.3) is 0 Å². The normalized spacial score (nSPS) is 18.9. The molecule has 0 radical (unpaired) electrons. The molecule has 1 aliphatic carbocycles. The zero-order valence-electron chi connectivity index (χ0n) is 20.8. The largest absolute Gasteiger partial charge is 0.397 e. The number of hydrogen-bond acceptors (Lipinski definition) is 7. The van der Waals surface area contributed by atoms with Crippen LogP contribution in [-0.4, -0.2) is 35.7 Å². The number of anilines is 1. The average molecular weight is 479 g/mol. The van der Waals surface area contributed by atoms with Gasteiger partial charge in [0, 0.05) is 12.7 Å². The summed E-state index contributed by atoms with van der Waals surface area (Å²) in [6, 6.07) is 10.9. The second kappa shape index (κ2) is 11.2. The smallest absolute Gasteiger partial charge is 0.231 e. The zero-order valence-corrected chi connectivity index (χ0v) is 20.8. The molecule has 1 aromatic heterocycles. The van der Waals surface area contributed by atoms with Gasteiger partial charge in [-0.05, 0) is 42.7 Å². The molecule has 0 unspecified atom stereocenters. The van der Waals surface area contributed by atoms with Crippen LogP contribution in [0.3, 0.4) is 0 Å². The molecule has 2 aromatic rings. The predicted molar refractivity (Wildman–Crippen MR) is 135 cm³/mol. The van der Waals surface area contributed by atoms with Crippen molar-refractivity contribution in [1.29, 1.82) is 5.26 Å². The van der Waals surface area contributed by atoms with E-state index in [0.717, 1.165) is 30.5 Å². The minimum atomic E-state index is -0.223. The molecule has 0 bridgehead atoms. The van der Waals surface area contributed by atoms with E-state index < -0.39 is 0 Å². The van der Waals surface area contributed by atoms with E-state index in [1.165, 1.54) is 0 Å². The molecule has 1 aliphatic rings. The SMILES string of the molecule is CCOC1CC(N=C(N)C(C#N)=C(N)c2ccc(CC(=O)Nc3cc(CC(C)(C)C)no3)cc2)C1. The number of nitrogens with one attached hydrogen (secondary N) is 1.